The van der Waals surface area contributed by atoms with E-state index in [-0.39, 0.29) is 23.3 Å². The summed E-state index contributed by atoms with van der Waals surface area (Å²) >= 11 is 0. The molecule has 1 fully saturated rings. The number of nitrogens with one attached hydrogen (secondary N) is 1. The van der Waals surface area contributed by atoms with Crippen LogP contribution in [0.2, 0.25) is 0 Å². The molecule has 1 aliphatic rings. The number of hydrogen-bond donors (Lipinski definition) is 1. The SMILES string of the molecule is CC(=O)N[C@H](C)CC(=O)N1CCCC(c2ccccc2)(c2ccccc2)C1. The Morgan fingerprint density at radius 3 is 2.11 bits per heavy atom. The minimum atomic E-state index is -0.187. The van der Waals surface area contributed by atoms with E-state index in [2.05, 4.69) is 53.8 Å². The Bertz CT molecular complexity index is 734. The highest BCUT2D eigenvalue weighted by atomic mass is 16.2. The Kier molecular flexibility index (Phi) is 5.94. The molecule has 142 valence electrons. The Morgan fingerprint density at radius 2 is 1.59 bits per heavy atom. The molecule has 2 aromatic rings. The second-order valence-electron chi connectivity index (χ2n) is 7.54. The summed E-state index contributed by atoms with van der Waals surface area (Å²) < 4.78 is 0. The Morgan fingerprint density at radius 1 is 1.04 bits per heavy atom. The third kappa shape index (κ3) is 4.38. The number of rotatable bonds is 5. The molecule has 0 aromatic heterocycles. The maximum Gasteiger partial charge on any atom is 0.224 e. The molecule has 4 heteroatoms. The van der Waals surface area contributed by atoms with Gasteiger partial charge in [0.1, 0.15) is 0 Å². The van der Waals surface area contributed by atoms with Crippen molar-refractivity contribution in [3.63, 3.8) is 0 Å². The van der Waals surface area contributed by atoms with Gasteiger partial charge in [0, 0.05) is 37.9 Å². The van der Waals surface area contributed by atoms with Crippen molar-refractivity contribution >= 4 is 11.8 Å². The van der Waals surface area contributed by atoms with Crippen LogP contribution >= 0.6 is 0 Å². The van der Waals surface area contributed by atoms with Crippen molar-refractivity contribution in [2.24, 2.45) is 0 Å². The molecule has 1 heterocycles. The summed E-state index contributed by atoms with van der Waals surface area (Å²) in [5.74, 6) is 0.00375. The highest BCUT2D eigenvalue weighted by molar-refractivity contribution is 5.79. The largest absolute Gasteiger partial charge is 0.353 e. The van der Waals surface area contributed by atoms with Crippen molar-refractivity contribution < 1.29 is 9.59 Å². The molecule has 3 rings (SSSR count). The van der Waals surface area contributed by atoms with E-state index >= 15 is 0 Å². The van der Waals surface area contributed by atoms with Gasteiger partial charge in [0.05, 0.1) is 0 Å². The van der Waals surface area contributed by atoms with Gasteiger partial charge in [-0.15, -0.1) is 0 Å². The molecule has 27 heavy (non-hydrogen) atoms. The first kappa shape index (κ1) is 19.2. The van der Waals surface area contributed by atoms with E-state index < -0.39 is 0 Å². The lowest BCUT2D eigenvalue weighted by Crippen LogP contribution is -2.50. The van der Waals surface area contributed by atoms with E-state index in [4.69, 9.17) is 0 Å². The molecule has 1 saturated heterocycles. The molecule has 1 N–H and O–H groups in total. The summed E-state index contributed by atoms with van der Waals surface area (Å²) in [6.07, 6.45) is 2.31. The van der Waals surface area contributed by atoms with Gasteiger partial charge in [-0.1, -0.05) is 60.7 Å². The number of likely N-dealkylation sites (tertiary alicyclic amines) is 1. The topological polar surface area (TPSA) is 49.4 Å². The van der Waals surface area contributed by atoms with E-state index in [0.717, 1.165) is 19.4 Å². The molecule has 0 aliphatic carbocycles. The molecule has 1 atom stereocenters. The molecule has 0 radical (unpaired) electrons. The number of benzene rings is 2. The van der Waals surface area contributed by atoms with Gasteiger partial charge in [-0.05, 0) is 30.9 Å². The lowest BCUT2D eigenvalue weighted by Gasteiger charge is -2.44. The van der Waals surface area contributed by atoms with Crippen molar-refractivity contribution in [1.29, 1.82) is 0 Å². The fourth-order valence-corrected chi connectivity index (χ4v) is 4.21. The Labute approximate surface area is 161 Å². The number of amides is 2. The Balaban J connectivity index is 1.87. The van der Waals surface area contributed by atoms with Gasteiger partial charge in [-0.3, -0.25) is 9.59 Å². The van der Waals surface area contributed by atoms with E-state index in [1.54, 1.807) is 0 Å². The van der Waals surface area contributed by atoms with Crippen LogP contribution in [0, 0.1) is 0 Å². The highest BCUT2D eigenvalue weighted by Gasteiger charge is 2.40. The summed E-state index contributed by atoms with van der Waals surface area (Å²) in [7, 11) is 0. The zero-order chi connectivity index (χ0) is 19.3. The van der Waals surface area contributed by atoms with Crippen LogP contribution in [0.4, 0.5) is 0 Å². The van der Waals surface area contributed by atoms with Crippen molar-refractivity contribution in [2.75, 3.05) is 13.1 Å². The predicted molar refractivity (Wildman–Crippen MR) is 107 cm³/mol. The normalized spacial score (nSPS) is 17.2. The molecular formula is C23H28N2O2. The zero-order valence-corrected chi connectivity index (χ0v) is 16.2. The second kappa shape index (κ2) is 8.38. The lowest BCUT2D eigenvalue weighted by molar-refractivity contribution is -0.133. The van der Waals surface area contributed by atoms with Crippen LogP contribution in [0.25, 0.3) is 0 Å². The summed E-state index contributed by atoms with van der Waals surface area (Å²) in [5, 5.41) is 2.81. The minimum Gasteiger partial charge on any atom is -0.353 e. The van der Waals surface area contributed by atoms with Crippen LogP contribution in [0.1, 0.15) is 44.2 Å². The molecule has 0 bridgehead atoms. The van der Waals surface area contributed by atoms with Crippen molar-refractivity contribution in [2.45, 2.75) is 44.6 Å². The molecule has 0 saturated carbocycles. The van der Waals surface area contributed by atoms with E-state index in [0.29, 0.717) is 13.0 Å². The van der Waals surface area contributed by atoms with Crippen LogP contribution in [0.5, 0.6) is 0 Å². The molecular weight excluding hydrogens is 336 g/mol. The van der Waals surface area contributed by atoms with Crippen molar-refractivity contribution in [3.05, 3.63) is 71.8 Å². The van der Waals surface area contributed by atoms with Crippen molar-refractivity contribution in [3.8, 4) is 0 Å². The maximum absolute atomic E-state index is 12.9. The average molecular weight is 364 g/mol. The zero-order valence-electron chi connectivity index (χ0n) is 16.2. The Hall–Kier alpha value is -2.62. The van der Waals surface area contributed by atoms with Crippen molar-refractivity contribution in [1.82, 2.24) is 10.2 Å². The number of carbonyl (C=O) groups excluding carboxylic acids is 2. The summed E-state index contributed by atoms with van der Waals surface area (Å²) in [6, 6.07) is 20.9. The molecule has 4 nitrogen and oxygen atoms in total. The highest BCUT2D eigenvalue weighted by Crippen LogP contribution is 2.40. The third-order valence-electron chi connectivity index (χ3n) is 5.43. The van der Waals surface area contributed by atoms with Crippen LogP contribution in [0.15, 0.2) is 60.7 Å². The van der Waals surface area contributed by atoms with Gasteiger partial charge in [0.15, 0.2) is 0 Å². The minimum absolute atomic E-state index is 0.100. The average Bonchev–Trinajstić information content (AvgIpc) is 2.68. The number of carbonyl (C=O) groups is 2. The van der Waals surface area contributed by atoms with Gasteiger partial charge >= 0.3 is 0 Å². The quantitative estimate of drug-likeness (QED) is 0.883. The van der Waals surface area contributed by atoms with E-state index in [1.165, 1.54) is 18.1 Å². The summed E-state index contributed by atoms with van der Waals surface area (Å²) in [6.45, 7) is 4.81. The van der Waals surface area contributed by atoms with E-state index in [1.807, 2.05) is 24.0 Å². The molecule has 1 aliphatic heterocycles. The summed E-state index contributed by atoms with van der Waals surface area (Å²) in [4.78, 5) is 26.1. The van der Waals surface area contributed by atoms with Gasteiger partial charge < -0.3 is 10.2 Å². The number of nitrogens with zero attached hydrogens (tertiary/aromatic N) is 1. The monoisotopic (exact) mass is 364 g/mol. The smallest absolute Gasteiger partial charge is 0.224 e. The van der Waals surface area contributed by atoms with Gasteiger partial charge in [0.25, 0.3) is 0 Å². The van der Waals surface area contributed by atoms with Crippen LogP contribution in [-0.4, -0.2) is 35.8 Å². The molecule has 0 spiro atoms. The lowest BCUT2D eigenvalue weighted by atomic mass is 9.69. The first-order chi connectivity index (χ1) is 13.0. The first-order valence-corrected chi connectivity index (χ1v) is 9.67. The molecule has 2 aromatic carbocycles. The number of piperidine rings is 1. The molecule has 2 amide bonds. The molecule has 0 unspecified atom stereocenters. The number of hydrogen-bond acceptors (Lipinski definition) is 2. The first-order valence-electron chi connectivity index (χ1n) is 9.67. The van der Waals surface area contributed by atoms with Crippen LogP contribution < -0.4 is 5.32 Å². The second-order valence-corrected chi connectivity index (χ2v) is 7.54. The summed E-state index contributed by atoms with van der Waals surface area (Å²) in [5.41, 5.74) is 2.32. The third-order valence-corrected chi connectivity index (χ3v) is 5.43. The standard InChI is InChI=1S/C23H28N2O2/c1-18(24-19(2)26)16-22(27)25-15-9-14-23(17-25,20-10-5-3-6-11-20)21-12-7-4-8-13-21/h3-8,10-13,18H,9,14-17H2,1-2H3,(H,24,26)/t18-/m1/s1. The fourth-order valence-electron chi connectivity index (χ4n) is 4.21. The fraction of sp³-hybridized carbons (Fsp3) is 0.391. The predicted octanol–water partition coefficient (Wildman–Crippen LogP) is 3.51. The van der Waals surface area contributed by atoms with Gasteiger partial charge in [0.2, 0.25) is 11.8 Å². The van der Waals surface area contributed by atoms with Gasteiger partial charge in [-0.25, -0.2) is 0 Å². The van der Waals surface area contributed by atoms with Crippen LogP contribution in [0.3, 0.4) is 0 Å². The van der Waals surface area contributed by atoms with Gasteiger partial charge in [-0.2, -0.15) is 0 Å². The maximum atomic E-state index is 12.9. The van der Waals surface area contributed by atoms with E-state index in [9.17, 15) is 9.59 Å². The van der Waals surface area contributed by atoms with Crippen LogP contribution in [-0.2, 0) is 15.0 Å².